The van der Waals surface area contributed by atoms with Crippen LogP contribution in [0.5, 0.6) is 0 Å². The number of nitrogens with zero attached hydrogens (tertiary/aromatic N) is 2. The lowest BCUT2D eigenvalue weighted by Crippen LogP contribution is -2.20. The third kappa shape index (κ3) is 10.2. The Morgan fingerprint density at radius 2 is 1.15 bits per heavy atom. The molecule has 114 valence electrons. The van der Waals surface area contributed by atoms with Gasteiger partial charge in [-0.2, -0.15) is 10.2 Å². The molecule has 2 amide bonds. The maximum absolute atomic E-state index is 11.4. The molecule has 0 aliphatic heterocycles. The van der Waals surface area contributed by atoms with Gasteiger partial charge in [-0.15, -0.1) is 0 Å². The van der Waals surface area contributed by atoms with Gasteiger partial charge in [0.05, 0.1) is 0 Å². The topological polar surface area (TPSA) is 82.9 Å². The van der Waals surface area contributed by atoms with E-state index in [2.05, 4.69) is 21.1 Å². The van der Waals surface area contributed by atoms with Crippen molar-refractivity contribution in [3.63, 3.8) is 0 Å². The molecule has 0 heterocycles. The Bertz CT molecular complexity index is 339. The van der Waals surface area contributed by atoms with E-state index in [-0.39, 0.29) is 11.8 Å². The van der Waals surface area contributed by atoms with Gasteiger partial charge in [-0.3, -0.25) is 9.59 Å². The summed E-state index contributed by atoms with van der Waals surface area (Å²) in [7, 11) is 0. The van der Waals surface area contributed by atoms with Gasteiger partial charge in [0.15, 0.2) is 0 Å². The molecule has 6 nitrogen and oxygen atoms in total. The Balaban J connectivity index is 3.71. The number of hydrogen-bond donors (Lipinski definition) is 2. The fraction of sp³-hybridized carbons (Fsp3) is 0.714. The van der Waals surface area contributed by atoms with Crippen LogP contribution in [0.2, 0.25) is 0 Å². The van der Waals surface area contributed by atoms with Gasteiger partial charge in [0.2, 0.25) is 11.8 Å². The van der Waals surface area contributed by atoms with Crippen LogP contribution in [0.15, 0.2) is 10.2 Å². The highest BCUT2D eigenvalue weighted by atomic mass is 16.2. The first kappa shape index (κ1) is 18.3. The first-order valence-corrected chi connectivity index (χ1v) is 7.13. The Morgan fingerprint density at radius 1 is 0.800 bits per heavy atom. The van der Waals surface area contributed by atoms with Crippen molar-refractivity contribution in [2.75, 3.05) is 0 Å². The van der Waals surface area contributed by atoms with Crippen molar-refractivity contribution in [3.05, 3.63) is 0 Å². The van der Waals surface area contributed by atoms with Crippen LogP contribution in [0.25, 0.3) is 0 Å². The molecule has 20 heavy (non-hydrogen) atoms. The predicted molar refractivity (Wildman–Crippen MR) is 81.6 cm³/mol. The molecule has 0 radical (unpaired) electrons. The van der Waals surface area contributed by atoms with Crippen molar-refractivity contribution in [2.24, 2.45) is 10.2 Å². The van der Waals surface area contributed by atoms with Crippen LogP contribution >= 0.6 is 0 Å². The molecule has 0 aromatic heterocycles. The van der Waals surface area contributed by atoms with Crippen molar-refractivity contribution in [2.45, 2.75) is 66.2 Å². The summed E-state index contributed by atoms with van der Waals surface area (Å²) in [4.78, 5) is 22.8. The Hall–Kier alpha value is -1.72. The van der Waals surface area contributed by atoms with Crippen molar-refractivity contribution in [1.29, 1.82) is 0 Å². The third-order valence-electron chi connectivity index (χ3n) is 2.82. The van der Waals surface area contributed by atoms with Crippen molar-refractivity contribution >= 4 is 23.2 Å². The predicted octanol–water partition coefficient (Wildman–Crippen LogP) is 2.35. The van der Waals surface area contributed by atoms with E-state index in [9.17, 15) is 9.59 Å². The summed E-state index contributed by atoms with van der Waals surface area (Å²) in [5, 5.41) is 7.87. The van der Waals surface area contributed by atoms with E-state index < -0.39 is 0 Å². The van der Waals surface area contributed by atoms with Gasteiger partial charge in [-0.05, 0) is 39.5 Å². The lowest BCUT2D eigenvalue weighted by molar-refractivity contribution is -0.123. The molecule has 0 aliphatic rings. The molecule has 0 rings (SSSR count). The summed E-state index contributed by atoms with van der Waals surface area (Å²) in [6.45, 7) is 7.69. The second-order valence-corrected chi connectivity index (χ2v) is 4.68. The molecule has 0 bridgehead atoms. The molecule has 0 aromatic carbocycles. The normalized spacial score (nSPS) is 12.2. The van der Waals surface area contributed by atoms with Crippen molar-refractivity contribution in [3.8, 4) is 0 Å². The summed E-state index contributed by atoms with van der Waals surface area (Å²) in [5.74, 6) is -0.226. The van der Waals surface area contributed by atoms with Crippen LogP contribution in [0.1, 0.15) is 66.2 Å². The van der Waals surface area contributed by atoms with Crippen LogP contribution in [0.3, 0.4) is 0 Å². The average Bonchev–Trinajstić information content (AvgIpc) is 2.46. The number of hydrazone groups is 2. The number of unbranched alkanes of at least 4 members (excludes halogenated alkanes) is 1. The van der Waals surface area contributed by atoms with Crippen LogP contribution in [-0.2, 0) is 9.59 Å². The van der Waals surface area contributed by atoms with E-state index >= 15 is 0 Å². The fourth-order valence-corrected chi connectivity index (χ4v) is 1.16. The van der Waals surface area contributed by atoms with Gasteiger partial charge in [-0.25, -0.2) is 10.9 Å². The molecular formula is C14H26N4O2. The van der Waals surface area contributed by atoms with Gasteiger partial charge < -0.3 is 0 Å². The van der Waals surface area contributed by atoms with E-state index in [1.54, 1.807) is 0 Å². The summed E-state index contributed by atoms with van der Waals surface area (Å²) in [6.07, 6.45) is 3.72. The van der Waals surface area contributed by atoms with Crippen LogP contribution in [0.4, 0.5) is 0 Å². The highest BCUT2D eigenvalue weighted by Crippen LogP contribution is 2.00. The molecule has 0 fully saturated rings. The van der Waals surface area contributed by atoms with E-state index in [1.807, 2.05) is 27.7 Å². The Labute approximate surface area is 121 Å². The van der Waals surface area contributed by atoms with E-state index in [4.69, 9.17) is 0 Å². The van der Waals surface area contributed by atoms with Gasteiger partial charge in [0.25, 0.3) is 0 Å². The summed E-state index contributed by atoms with van der Waals surface area (Å²) < 4.78 is 0. The van der Waals surface area contributed by atoms with Crippen LogP contribution in [0, 0.1) is 0 Å². The first-order valence-electron chi connectivity index (χ1n) is 7.13. The van der Waals surface area contributed by atoms with Crippen molar-refractivity contribution < 1.29 is 9.59 Å². The van der Waals surface area contributed by atoms with Gasteiger partial charge in [-0.1, -0.05) is 13.8 Å². The van der Waals surface area contributed by atoms with Crippen LogP contribution in [-0.4, -0.2) is 23.2 Å². The fourth-order valence-electron chi connectivity index (χ4n) is 1.16. The van der Waals surface area contributed by atoms with Crippen LogP contribution < -0.4 is 10.9 Å². The summed E-state index contributed by atoms with van der Waals surface area (Å²) >= 11 is 0. The number of carbonyl (C=O) groups is 2. The summed E-state index contributed by atoms with van der Waals surface area (Å²) in [6, 6.07) is 0. The van der Waals surface area contributed by atoms with E-state index in [1.165, 1.54) is 0 Å². The third-order valence-corrected chi connectivity index (χ3v) is 2.82. The smallest absolute Gasteiger partial charge is 0.240 e. The molecule has 0 unspecified atom stereocenters. The van der Waals surface area contributed by atoms with E-state index in [0.717, 1.165) is 24.3 Å². The van der Waals surface area contributed by atoms with E-state index in [0.29, 0.717) is 25.7 Å². The SMILES string of the molecule is CCC(C)=NNC(=O)CCCCC(=O)NN=C(C)CC. The highest BCUT2D eigenvalue weighted by molar-refractivity contribution is 5.84. The molecule has 0 aliphatic carbocycles. The molecule has 0 saturated carbocycles. The molecular weight excluding hydrogens is 256 g/mol. The Kier molecular flexibility index (Phi) is 10.2. The second-order valence-electron chi connectivity index (χ2n) is 4.68. The number of nitrogens with one attached hydrogen (secondary N) is 2. The molecule has 0 aromatic rings. The molecule has 6 heteroatoms. The largest absolute Gasteiger partial charge is 0.273 e. The second kappa shape index (κ2) is 11.1. The zero-order valence-electron chi connectivity index (χ0n) is 13.0. The average molecular weight is 282 g/mol. The quantitative estimate of drug-likeness (QED) is 0.386. The number of hydrogen-bond acceptors (Lipinski definition) is 4. The monoisotopic (exact) mass is 282 g/mol. The zero-order valence-corrected chi connectivity index (χ0v) is 13.0. The minimum absolute atomic E-state index is 0.113. The number of amides is 2. The molecule has 0 spiro atoms. The van der Waals surface area contributed by atoms with Gasteiger partial charge in [0, 0.05) is 24.3 Å². The molecule has 0 saturated heterocycles. The maximum Gasteiger partial charge on any atom is 0.240 e. The minimum Gasteiger partial charge on any atom is -0.273 e. The standard InChI is InChI=1S/C14H26N4O2/c1-5-11(3)15-17-13(19)9-7-8-10-14(20)18-16-12(4)6-2/h5-10H2,1-4H3,(H,17,19)(H,18,20). The summed E-state index contributed by atoms with van der Waals surface area (Å²) in [5.41, 5.74) is 6.77. The lowest BCUT2D eigenvalue weighted by Gasteiger charge is -2.02. The molecule has 2 N–H and O–H groups in total. The number of carbonyl (C=O) groups excluding carboxylic acids is 2. The first-order chi connectivity index (χ1) is 9.49. The minimum atomic E-state index is -0.113. The Morgan fingerprint density at radius 3 is 1.45 bits per heavy atom. The van der Waals surface area contributed by atoms with Gasteiger partial charge in [0.1, 0.15) is 0 Å². The molecule has 0 atom stereocenters. The van der Waals surface area contributed by atoms with Crippen molar-refractivity contribution in [1.82, 2.24) is 10.9 Å². The van der Waals surface area contributed by atoms with Gasteiger partial charge >= 0.3 is 0 Å². The zero-order chi connectivity index (χ0) is 15.4. The lowest BCUT2D eigenvalue weighted by atomic mass is 10.2. The number of rotatable bonds is 9. The maximum atomic E-state index is 11.4. The highest BCUT2D eigenvalue weighted by Gasteiger charge is 2.03.